The molecule has 3 aromatic heterocycles. The third kappa shape index (κ3) is 3.69. The fourth-order valence-corrected chi connectivity index (χ4v) is 3.48. The smallest absolute Gasteiger partial charge is 0.255 e. The van der Waals surface area contributed by atoms with Crippen LogP contribution in [-0.2, 0) is 6.54 Å². The number of fused-ring (bicyclic) bond motifs is 1. The first-order chi connectivity index (χ1) is 15.7. The highest BCUT2D eigenvalue weighted by atomic mass is 16.5. The second-order valence-electron chi connectivity index (χ2n) is 7.13. The molecule has 0 aliphatic rings. The summed E-state index contributed by atoms with van der Waals surface area (Å²) in [4.78, 5) is 13.2. The van der Waals surface area contributed by atoms with E-state index < -0.39 is 0 Å². The first-order valence-electron chi connectivity index (χ1n) is 10.1. The van der Waals surface area contributed by atoms with E-state index in [1.807, 2.05) is 83.4 Å². The standard InChI is InChI=1S/C24H20N6O2/c1-32-19-12-10-17(11-13-19)23-20(16-30(28-23)18-7-3-2-4-8-18)24(31)25-15-22-27-26-21-9-5-6-14-29(21)22/h2-14,16H,15H2,1H3,(H,25,31). The maximum atomic E-state index is 13.2. The zero-order valence-electron chi connectivity index (χ0n) is 17.3. The van der Waals surface area contributed by atoms with Gasteiger partial charge in [0.05, 0.1) is 24.9 Å². The van der Waals surface area contributed by atoms with Gasteiger partial charge in [0.25, 0.3) is 5.91 Å². The Labute approximate surface area is 184 Å². The highest BCUT2D eigenvalue weighted by molar-refractivity contribution is 5.99. The van der Waals surface area contributed by atoms with Crippen LogP contribution in [-0.4, -0.2) is 37.4 Å². The van der Waals surface area contributed by atoms with Gasteiger partial charge >= 0.3 is 0 Å². The molecule has 0 aliphatic heterocycles. The van der Waals surface area contributed by atoms with Crippen LogP contribution in [0, 0.1) is 0 Å². The molecule has 5 rings (SSSR count). The molecule has 8 nitrogen and oxygen atoms in total. The van der Waals surface area contributed by atoms with Gasteiger partial charge in [-0.1, -0.05) is 24.3 Å². The number of carbonyl (C=O) groups is 1. The lowest BCUT2D eigenvalue weighted by Gasteiger charge is -2.05. The van der Waals surface area contributed by atoms with Gasteiger partial charge in [0.2, 0.25) is 0 Å². The lowest BCUT2D eigenvalue weighted by Crippen LogP contribution is -2.24. The highest BCUT2D eigenvalue weighted by Crippen LogP contribution is 2.26. The van der Waals surface area contributed by atoms with Crippen molar-refractivity contribution in [3.8, 4) is 22.7 Å². The Morgan fingerprint density at radius 3 is 2.53 bits per heavy atom. The van der Waals surface area contributed by atoms with Crippen molar-refractivity contribution in [3.63, 3.8) is 0 Å². The van der Waals surface area contributed by atoms with E-state index in [-0.39, 0.29) is 12.5 Å². The normalized spacial score (nSPS) is 10.9. The topological polar surface area (TPSA) is 86.3 Å². The average Bonchev–Trinajstić information content (AvgIpc) is 3.48. The number of hydrogen-bond acceptors (Lipinski definition) is 5. The van der Waals surface area contributed by atoms with Crippen molar-refractivity contribution < 1.29 is 9.53 Å². The molecule has 0 bridgehead atoms. The van der Waals surface area contributed by atoms with Crippen LogP contribution in [0.5, 0.6) is 5.75 Å². The second-order valence-corrected chi connectivity index (χ2v) is 7.13. The minimum atomic E-state index is -0.245. The van der Waals surface area contributed by atoms with E-state index in [1.165, 1.54) is 0 Å². The summed E-state index contributed by atoms with van der Waals surface area (Å²) in [6.45, 7) is 0.239. The first kappa shape index (κ1) is 19.5. The highest BCUT2D eigenvalue weighted by Gasteiger charge is 2.19. The Balaban J connectivity index is 1.48. The van der Waals surface area contributed by atoms with Crippen molar-refractivity contribution in [2.45, 2.75) is 6.54 Å². The summed E-state index contributed by atoms with van der Waals surface area (Å²) >= 11 is 0. The minimum Gasteiger partial charge on any atom is -0.497 e. The molecular weight excluding hydrogens is 404 g/mol. The lowest BCUT2D eigenvalue weighted by atomic mass is 10.1. The summed E-state index contributed by atoms with van der Waals surface area (Å²) in [6, 6.07) is 22.8. The Morgan fingerprint density at radius 2 is 1.75 bits per heavy atom. The molecular formula is C24H20N6O2. The lowest BCUT2D eigenvalue weighted by molar-refractivity contribution is 0.0950. The molecule has 2 aromatic carbocycles. The van der Waals surface area contributed by atoms with E-state index in [1.54, 1.807) is 18.0 Å². The number of nitrogens with one attached hydrogen (secondary N) is 1. The molecule has 0 aliphatic carbocycles. The number of ether oxygens (including phenoxy) is 1. The van der Waals surface area contributed by atoms with E-state index in [4.69, 9.17) is 9.84 Å². The first-order valence-corrected chi connectivity index (χ1v) is 10.1. The van der Waals surface area contributed by atoms with Gasteiger partial charge in [-0.3, -0.25) is 9.20 Å². The summed E-state index contributed by atoms with van der Waals surface area (Å²) < 4.78 is 8.81. The number of hydrogen-bond donors (Lipinski definition) is 1. The van der Waals surface area contributed by atoms with Crippen LogP contribution in [0.1, 0.15) is 16.2 Å². The monoisotopic (exact) mass is 424 g/mol. The Bertz CT molecular complexity index is 1370. The molecule has 3 heterocycles. The van der Waals surface area contributed by atoms with E-state index in [9.17, 15) is 4.79 Å². The number of amides is 1. The number of para-hydroxylation sites is 1. The number of nitrogens with zero attached hydrogens (tertiary/aromatic N) is 5. The van der Waals surface area contributed by atoms with Gasteiger partial charge < -0.3 is 10.1 Å². The third-order valence-electron chi connectivity index (χ3n) is 5.13. The molecule has 1 amide bonds. The third-order valence-corrected chi connectivity index (χ3v) is 5.13. The molecule has 0 unspecified atom stereocenters. The van der Waals surface area contributed by atoms with Crippen LogP contribution in [0.4, 0.5) is 0 Å². The zero-order chi connectivity index (χ0) is 21.9. The van der Waals surface area contributed by atoms with Gasteiger partial charge in [-0.05, 0) is 48.5 Å². The van der Waals surface area contributed by atoms with Crippen molar-refractivity contribution in [1.82, 2.24) is 29.7 Å². The van der Waals surface area contributed by atoms with Gasteiger partial charge in [0, 0.05) is 18.0 Å². The number of methoxy groups -OCH3 is 1. The maximum absolute atomic E-state index is 13.2. The molecule has 5 aromatic rings. The van der Waals surface area contributed by atoms with E-state index in [2.05, 4.69) is 15.5 Å². The number of benzene rings is 2. The fourth-order valence-electron chi connectivity index (χ4n) is 3.48. The van der Waals surface area contributed by atoms with Crippen molar-refractivity contribution in [3.05, 3.63) is 96.6 Å². The van der Waals surface area contributed by atoms with Gasteiger partial charge in [-0.2, -0.15) is 5.10 Å². The zero-order valence-corrected chi connectivity index (χ0v) is 17.3. The van der Waals surface area contributed by atoms with Crippen molar-refractivity contribution in [2.75, 3.05) is 7.11 Å². The SMILES string of the molecule is COc1ccc(-c2nn(-c3ccccc3)cc2C(=O)NCc2nnc3ccccn23)cc1. The molecule has 1 N–H and O–H groups in total. The molecule has 0 fully saturated rings. The molecule has 0 spiro atoms. The van der Waals surface area contributed by atoms with E-state index in [0.717, 1.165) is 22.6 Å². The fraction of sp³-hybridized carbons (Fsp3) is 0.0833. The van der Waals surface area contributed by atoms with Crippen LogP contribution >= 0.6 is 0 Å². The summed E-state index contributed by atoms with van der Waals surface area (Å²) in [5.41, 5.74) is 3.46. The summed E-state index contributed by atoms with van der Waals surface area (Å²) in [7, 11) is 1.62. The second kappa shape index (κ2) is 8.35. The molecule has 0 radical (unpaired) electrons. The molecule has 0 saturated heterocycles. The molecule has 0 atom stereocenters. The Hall–Kier alpha value is -4.46. The molecule has 158 valence electrons. The molecule has 0 saturated carbocycles. The van der Waals surface area contributed by atoms with Crippen molar-refractivity contribution in [2.24, 2.45) is 0 Å². The minimum absolute atomic E-state index is 0.239. The number of aromatic nitrogens is 5. The van der Waals surface area contributed by atoms with Crippen molar-refractivity contribution >= 4 is 11.6 Å². The van der Waals surface area contributed by atoms with Crippen LogP contribution in [0.3, 0.4) is 0 Å². The predicted molar refractivity (Wildman–Crippen MR) is 120 cm³/mol. The molecule has 32 heavy (non-hydrogen) atoms. The maximum Gasteiger partial charge on any atom is 0.255 e. The summed E-state index contributed by atoms with van der Waals surface area (Å²) in [6.07, 6.45) is 3.61. The van der Waals surface area contributed by atoms with Gasteiger partial charge in [0.15, 0.2) is 11.5 Å². The number of rotatable bonds is 6. The van der Waals surface area contributed by atoms with Crippen molar-refractivity contribution in [1.29, 1.82) is 0 Å². The molecule has 8 heteroatoms. The van der Waals surface area contributed by atoms with Crippen LogP contribution in [0.2, 0.25) is 0 Å². The van der Waals surface area contributed by atoms with Crippen LogP contribution in [0.25, 0.3) is 22.6 Å². The van der Waals surface area contributed by atoms with Crippen LogP contribution in [0.15, 0.2) is 85.2 Å². The van der Waals surface area contributed by atoms with Gasteiger partial charge in [0.1, 0.15) is 11.4 Å². The largest absolute Gasteiger partial charge is 0.497 e. The summed E-state index contributed by atoms with van der Waals surface area (Å²) in [5, 5.41) is 16.0. The van der Waals surface area contributed by atoms with E-state index in [0.29, 0.717) is 17.1 Å². The number of pyridine rings is 1. The van der Waals surface area contributed by atoms with Crippen LogP contribution < -0.4 is 10.1 Å². The average molecular weight is 424 g/mol. The quantitative estimate of drug-likeness (QED) is 0.451. The Morgan fingerprint density at radius 1 is 0.969 bits per heavy atom. The van der Waals surface area contributed by atoms with Gasteiger partial charge in [-0.15, -0.1) is 10.2 Å². The summed E-state index contributed by atoms with van der Waals surface area (Å²) in [5.74, 6) is 1.14. The predicted octanol–water partition coefficient (Wildman–Crippen LogP) is 3.52. The number of carbonyl (C=O) groups excluding carboxylic acids is 1. The Kier molecular flexibility index (Phi) is 5.09. The van der Waals surface area contributed by atoms with E-state index >= 15 is 0 Å². The van der Waals surface area contributed by atoms with Gasteiger partial charge in [-0.25, -0.2) is 4.68 Å².